The molecule has 4 rings (SSSR count). The minimum atomic E-state index is -0.243. The van der Waals surface area contributed by atoms with E-state index < -0.39 is 0 Å². The van der Waals surface area contributed by atoms with Crippen LogP contribution >= 0.6 is 22.9 Å². The van der Waals surface area contributed by atoms with Crippen LogP contribution in [0.2, 0.25) is 5.15 Å². The topological polar surface area (TPSA) is 123 Å². The third-order valence-electron chi connectivity index (χ3n) is 5.89. The van der Waals surface area contributed by atoms with Crippen LogP contribution in [0.1, 0.15) is 26.7 Å². The first kappa shape index (κ1) is 19.2. The van der Waals surface area contributed by atoms with Crippen LogP contribution in [0.5, 0.6) is 0 Å². The number of halogens is 1. The molecule has 1 saturated carbocycles. The number of aliphatic hydroxyl groups is 1. The Balaban J connectivity index is 1.80. The van der Waals surface area contributed by atoms with Crippen LogP contribution in [0.15, 0.2) is 18.2 Å². The Bertz CT molecular complexity index is 1040. The molecule has 7 nitrogen and oxygen atoms in total. The minimum absolute atomic E-state index is 0.106. The van der Waals surface area contributed by atoms with Gasteiger partial charge in [-0.2, -0.15) is 4.98 Å². The van der Waals surface area contributed by atoms with Gasteiger partial charge < -0.3 is 21.9 Å². The summed E-state index contributed by atoms with van der Waals surface area (Å²) in [5.74, 6) is 1.18. The summed E-state index contributed by atoms with van der Waals surface area (Å²) in [5.41, 5.74) is 13.6. The summed E-state index contributed by atoms with van der Waals surface area (Å²) >= 11 is 7.99. The quantitative estimate of drug-likeness (QED) is 0.375. The number of hydrogen-bond donors (Lipinski definition) is 4. The molecule has 0 radical (unpaired) electrons. The normalized spacial score (nSPS) is 24.7. The number of aromatic nitrogens is 3. The maximum atomic E-state index is 9.65. The van der Waals surface area contributed by atoms with Crippen molar-refractivity contribution in [2.24, 2.45) is 11.8 Å². The van der Waals surface area contributed by atoms with Gasteiger partial charge >= 0.3 is 0 Å². The van der Waals surface area contributed by atoms with Crippen molar-refractivity contribution in [1.29, 1.82) is 0 Å². The fraction of sp³-hybridized carbons (Fsp3) is 0.421. The van der Waals surface area contributed by atoms with Gasteiger partial charge in [0, 0.05) is 17.8 Å². The number of anilines is 3. The largest absolute Gasteiger partial charge is 0.399 e. The Morgan fingerprint density at radius 1 is 1.32 bits per heavy atom. The van der Waals surface area contributed by atoms with Gasteiger partial charge in [-0.15, -0.1) is 11.3 Å². The summed E-state index contributed by atoms with van der Waals surface area (Å²) in [6, 6.07) is 5.62. The second kappa shape index (κ2) is 7.02. The van der Waals surface area contributed by atoms with Gasteiger partial charge in [0.15, 0.2) is 0 Å². The third kappa shape index (κ3) is 3.25. The van der Waals surface area contributed by atoms with Crippen molar-refractivity contribution in [3.05, 3.63) is 23.4 Å². The van der Waals surface area contributed by atoms with E-state index in [1.807, 2.05) is 18.2 Å². The number of nitrogens with zero attached hydrogens (tertiary/aromatic N) is 3. The van der Waals surface area contributed by atoms with E-state index in [4.69, 9.17) is 28.1 Å². The molecule has 0 aliphatic heterocycles. The third-order valence-corrected chi connectivity index (χ3v) is 7.22. The van der Waals surface area contributed by atoms with E-state index in [9.17, 15) is 5.11 Å². The van der Waals surface area contributed by atoms with E-state index >= 15 is 0 Å². The van der Waals surface area contributed by atoms with Gasteiger partial charge in [0.1, 0.15) is 16.0 Å². The predicted octanol–water partition coefficient (Wildman–Crippen LogP) is 3.78. The minimum Gasteiger partial charge on any atom is -0.399 e. The predicted molar refractivity (Wildman–Crippen MR) is 115 cm³/mol. The molecule has 1 fully saturated rings. The van der Waals surface area contributed by atoms with Gasteiger partial charge in [0.05, 0.1) is 15.8 Å². The van der Waals surface area contributed by atoms with Crippen molar-refractivity contribution in [3.8, 4) is 10.6 Å². The molecule has 3 unspecified atom stereocenters. The Morgan fingerprint density at radius 2 is 2.11 bits per heavy atom. The molecule has 28 heavy (non-hydrogen) atoms. The second-order valence-electron chi connectivity index (χ2n) is 7.65. The Kier molecular flexibility index (Phi) is 4.81. The summed E-state index contributed by atoms with van der Waals surface area (Å²) in [5, 5.41) is 14.2. The molecular weight excluding hydrogens is 396 g/mol. The molecule has 0 spiro atoms. The van der Waals surface area contributed by atoms with E-state index in [2.05, 4.69) is 29.1 Å². The molecule has 1 aliphatic carbocycles. The molecule has 0 bridgehead atoms. The lowest BCUT2D eigenvalue weighted by molar-refractivity contribution is 0.187. The van der Waals surface area contributed by atoms with Crippen LogP contribution in [0.3, 0.4) is 0 Å². The monoisotopic (exact) mass is 418 g/mol. The highest BCUT2D eigenvalue weighted by molar-refractivity contribution is 7.21. The number of rotatable bonds is 4. The van der Waals surface area contributed by atoms with Crippen molar-refractivity contribution < 1.29 is 5.11 Å². The number of aliphatic hydroxyl groups excluding tert-OH is 1. The SMILES string of the molecule is CC1C(CO)CCC1(C)Nc1nc(N)nc(Cl)c1-c1nc2cc(N)ccc2s1. The average molecular weight is 419 g/mol. The zero-order chi connectivity index (χ0) is 20.1. The van der Waals surface area contributed by atoms with Gasteiger partial charge in [0.25, 0.3) is 0 Å². The number of thiazole rings is 1. The molecule has 0 saturated heterocycles. The highest BCUT2D eigenvalue weighted by Gasteiger charge is 2.43. The van der Waals surface area contributed by atoms with Crippen molar-refractivity contribution >= 4 is 50.6 Å². The maximum Gasteiger partial charge on any atom is 0.223 e. The number of nitrogens with two attached hydrogens (primary N) is 2. The van der Waals surface area contributed by atoms with Crippen LogP contribution in [-0.2, 0) is 0 Å². The second-order valence-corrected chi connectivity index (χ2v) is 9.04. The van der Waals surface area contributed by atoms with Gasteiger partial charge in [-0.1, -0.05) is 18.5 Å². The lowest BCUT2D eigenvalue weighted by atomic mass is 9.86. The lowest BCUT2D eigenvalue weighted by Crippen LogP contribution is -2.40. The smallest absolute Gasteiger partial charge is 0.223 e. The molecule has 2 aromatic heterocycles. The number of hydrogen-bond acceptors (Lipinski definition) is 8. The molecular formula is C19H23ClN6OS. The van der Waals surface area contributed by atoms with Gasteiger partial charge in [0.2, 0.25) is 5.95 Å². The van der Waals surface area contributed by atoms with Crippen molar-refractivity contribution in [1.82, 2.24) is 15.0 Å². The average Bonchev–Trinajstić information content (AvgIpc) is 3.15. The van der Waals surface area contributed by atoms with Crippen LogP contribution in [0, 0.1) is 11.8 Å². The van der Waals surface area contributed by atoms with Crippen LogP contribution < -0.4 is 16.8 Å². The molecule has 1 aromatic carbocycles. The molecule has 0 amide bonds. The summed E-state index contributed by atoms with van der Waals surface area (Å²) < 4.78 is 1.00. The number of benzene rings is 1. The first-order valence-electron chi connectivity index (χ1n) is 9.19. The van der Waals surface area contributed by atoms with Gasteiger partial charge in [-0.25, -0.2) is 9.97 Å². The zero-order valence-electron chi connectivity index (χ0n) is 15.7. The highest BCUT2D eigenvalue weighted by atomic mass is 35.5. The molecule has 148 valence electrons. The summed E-state index contributed by atoms with van der Waals surface area (Å²) in [6.45, 7) is 4.47. The summed E-state index contributed by atoms with van der Waals surface area (Å²) in [6.07, 6.45) is 1.86. The van der Waals surface area contributed by atoms with E-state index in [1.165, 1.54) is 11.3 Å². The van der Waals surface area contributed by atoms with Crippen molar-refractivity contribution in [2.75, 3.05) is 23.4 Å². The Morgan fingerprint density at radius 3 is 2.82 bits per heavy atom. The highest BCUT2D eigenvalue weighted by Crippen LogP contribution is 2.45. The van der Waals surface area contributed by atoms with E-state index in [0.29, 0.717) is 22.1 Å². The van der Waals surface area contributed by atoms with Crippen LogP contribution in [-0.4, -0.2) is 32.2 Å². The molecule has 3 atom stereocenters. The standard InChI is InChI=1S/C19H23ClN6OS/c1-9-10(8-27)5-6-19(9,2)26-16-14(15(20)24-18(22)25-16)17-23-12-7-11(21)3-4-13(12)28-17/h3-4,7,9-10,27H,5-6,8,21H2,1-2H3,(H3,22,24,25,26). The first-order chi connectivity index (χ1) is 13.3. The Labute approximate surface area is 172 Å². The van der Waals surface area contributed by atoms with E-state index in [-0.39, 0.29) is 35.1 Å². The van der Waals surface area contributed by atoms with Crippen LogP contribution in [0.4, 0.5) is 17.5 Å². The first-order valence-corrected chi connectivity index (χ1v) is 10.4. The maximum absolute atomic E-state index is 9.65. The zero-order valence-corrected chi connectivity index (χ0v) is 17.3. The van der Waals surface area contributed by atoms with E-state index in [1.54, 1.807) is 0 Å². The van der Waals surface area contributed by atoms with E-state index in [0.717, 1.165) is 23.1 Å². The molecule has 3 aromatic rings. The summed E-state index contributed by atoms with van der Waals surface area (Å²) in [4.78, 5) is 13.3. The van der Waals surface area contributed by atoms with Crippen molar-refractivity contribution in [2.45, 2.75) is 32.2 Å². The Hall–Kier alpha value is -2.16. The fourth-order valence-electron chi connectivity index (χ4n) is 3.96. The van der Waals surface area contributed by atoms with Gasteiger partial charge in [-0.3, -0.25) is 0 Å². The number of nitrogens with one attached hydrogen (secondary N) is 1. The molecule has 6 N–H and O–H groups in total. The van der Waals surface area contributed by atoms with Crippen molar-refractivity contribution in [3.63, 3.8) is 0 Å². The van der Waals surface area contributed by atoms with Crippen LogP contribution in [0.25, 0.3) is 20.8 Å². The lowest BCUT2D eigenvalue weighted by Gasteiger charge is -2.33. The molecule has 1 aliphatic rings. The molecule has 2 heterocycles. The number of nitrogen functional groups attached to an aromatic ring is 2. The molecule has 9 heteroatoms. The fourth-order valence-corrected chi connectivity index (χ4v) is 5.27. The summed E-state index contributed by atoms with van der Waals surface area (Å²) in [7, 11) is 0. The number of fused-ring (bicyclic) bond motifs is 1. The van der Waals surface area contributed by atoms with Gasteiger partial charge in [-0.05, 0) is 49.8 Å².